The van der Waals surface area contributed by atoms with E-state index in [4.69, 9.17) is 32.8 Å². The summed E-state index contributed by atoms with van der Waals surface area (Å²) in [6.45, 7) is 2.48. The van der Waals surface area contributed by atoms with Crippen molar-refractivity contribution in [1.29, 1.82) is 10.8 Å². The van der Waals surface area contributed by atoms with Crippen molar-refractivity contribution in [3.63, 3.8) is 0 Å². The Balaban J connectivity index is 1.19. The summed E-state index contributed by atoms with van der Waals surface area (Å²) in [7, 11) is 0. The number of nitrogens with zero attached hydrogens (tertiary/aromatic N) is 1. The van der Waals surface area contributed by atoms with Crippen molar-refractivity contribution in [2.45, 2.75) is 183 Å². The van der Waals surface area contributed by atoms with E-state index in [1.54, 1.807) is 62.4 Å². The first kappa shape index (κ1) is 86.8. The van der Waals surface area contributed by atoms with Gasteiger partial charge in [0.2, 0.25) is 70.9 Å². The second-order valence-electron chi connectivity index (χ2n) is 27.3. The Kier molecular flexibility index (Phi) is 33.4. The molecule has 13 amide bonds. The second kappa shape index (κ2) is 43.1. The van der Waals surface area contributed by atoms with Crippen LogP contribution >= 0.6 is 0 Å². The molecule has 2 saturated heterocycles. The molecular formula is C75H102N20O17. The van der Waals surface area contributed by atoms with Crippen molar-refractivity contribution in [3.8, 4) is 11.1 Å². The van der Waals surface area contributed by atoms with Gasteiger partial charge in [-0.2, -0.15) is 0 Å². The van der Waals surface area contributed by atoms with E-state index in [9.17, 15) is 77.3 Å². The summed E-state index contributed by atoms with van der Waals surface area (Å²) in [6, 6.07) is 6.78. The van der Waals surface area contributed by atoms with Crippen LogP contribution in [0.3, 0.4) is 0 Å². The number of aliphatic carboxylic acids is 1. The number of nitrogens with one attached hydrogen (secondary N) is 16. The lowest BCUT2D eigenvalue weighted by Crippen LogP contribution is -2.61. The topological polar surface area (TPSA) is 590 Å². The van der Waals surface area contributed by atoms with Gasteiger partial charge in [0, 0.05) is 43.2 Å². The predicted molar refractivity (Wildman–Crippen MR) is 409 cm³/mol. The second-order valence-corrected chi connectivity index (χ2v) is 27.3. The number of aromatic amines is 1. The lowest BCUT2D eigenvalue weighted by atomic mass is 9.98. The normalized spacial score (nSPS) is 22.6. The lowest BCUT2D eigenvalue weighted by Gasteiger charge is -2.30. The summed E-state index contributed by atoms with van der Waals surface area (Å²) >= 11 is 0. The first-order valence-corrected chi connectivity index (χ1v) is 37.1. The molecule has 1 unspecified atom stereocenters. The number of hydrogen-bond acceptors (Lipinski definition) is 18. The van der Waals surface area contributed by atoms with Crippen molar-refractivity contribution in [2.24, 2.45) is 17.2 Å². The predicted octanol–water partition coefficient (Wildman–Crippen LogP) is -1.91. The van der Waals surface area contributed by atoms with Gasteiger partial charge in [0.25, 0.3) is 0 Å². The third-order valence-corrected chi connectivity index (χ3v) is 19.0. The Morgan fingerprint density at radius 3 is 1.79 bits per heavy atom. The quantitative estimate of drug-likeness (QED) is 0.0149. The van der Waals surface area contributed by atoms with Gasteiger partial charge in [-0.3, -0.25) is 73.1 Å². The minimum atomic E-state index is -2.00. The molecule has 2 fully saturated rings. The average Bonchev–Trinajstić information content (AvgIpc) is 1.61. The minimum absolute atomic E-state index is 0.0202. The van der Waals surface area contributed by atoms with Crippen LogP contribution in [0.2, 0.25) is 0 Å². The van der Waals surface area contributed by atoms with Crippen molar-refractivity contribution in [1.82, 2.24) is 79.0 Å². The molecule has 0 radical (unpaired) electrons. The molecule has 0 saturated carbocycles. The molecule has 2 aliphatic heterocycles. The van der Waals surface area contributed by atoms with Crippen molar-refractivity contribution < 1.29 is 82.1 Å². The average molecular weight is 1560 g/mol. The number of benzene rings is 3. The minimum Gasteiger partial charge on any atom is -0.481 e. The SMILES string of the molecule is C/C=C/C[C@H](NC(=O)CNC(=O)OCC1c2ccccc2-c2ccccc21)C(=O)N[C@H]1CCCC[C@@H](C(N)=O)NC(=O)[C@H](CCCNC(=N)N)NC(=O)[C@H](Cc2cc3ccccc3[nH]2)NC(=O)[C@H](C)NC(=O)[C@H](C/C=C/C)NC(=O)[C@H](CCCNC(=N)N)NC(=O)C2CCCN2C(=O)[C@H](CC(=O)O)NC(=O)[C@H](CO)NC1=O. The maximum Gasteiger partial charge on any atom is 0.407 e. The van der Waals surface area contributed by atoms with Crippen LogP contribution in [-0.4, -0.2) is 221 Å². The van der Waals surface area contributed by atoms with E-state index in [2.05, 4.69) is 74.1 Å². The molecule has 1 aliphatic carbocycles. The van der Waals surface area contributed by atoms with E-state index in [0.717, 1.165) is 32.5 Å². The zero-order valence-corrected chi connectivity index (χ0v) is 62.6. The number of guanidine groups is 2. The fourth-order valence-electron chi connectivity index (χ4n) is 13.2. The van der Waals surface area contributed by atoms with Crippen molar-refractivity contribution >= 4 is 106 Å². The highest BCUT2D eigenvalue weighted by Gasteiger charge is 2.42. The van der Waals surface area contributed by atoms with Gasteiger partial charge in [-0.15, -0.1) is 0 Å². The number of alkyl carbamates (subject to hydrolysis) is 1. The van der Waals surface area contributed by atoms with Crippen LogP contribution in [0.1, 0.15) is 127 Å². The number of carbonyl (C=O) groups excluding carboxylic acids is 13. The maximum absolute atomic E-state index is 14.8. The summed E-state index contributed by atoms with van der Waals surface area (Å²) in [5.41, 5.74) is 22.0. The standard InChI is InChI=1S/C75H102N20O17/c1-4-6-24-51(86-60(97)38-83-75(111)112-40-48-46-22-11-9-20-44(46)45-21-10-12-23-47(45)48)65(103)89-53-28-15-14-27-50(62(76)100)87-66(104)54(29-16-32-81-73(77)78)90-69(107)56(36-43-35-42-19-8-13-26-49(42)85-43)92-63(101)41(3)84-64(102)52(25-7-5-2)88-67(105)55(30-17-33-82-74(79)80)91-71(109)59-31-18-34-95(59)72(110)57(37-61(98)99)93-70(108)58(39-96)94-68(53)106/h4-13,19-23,26,35,41,48,50-59,85,96H,14-18,24-25,27-34,36-40H2,1-3H3,(H2,76,100)(H,83,111)(H,84,102)(H,86,97)(H,87,104)(H,88,105)(H,89,103)(H,90,107)(H,91,109)(H,92,101)(H,93,108)(H,94,106)(H,98,99)(H4,77,78,81)(H4,79,80,82)/b6-4+,7-5+/t41-,50-,51-,52-,53-,54-,55-,56-,57-,58-,59?/m0/s1. The molecule has 0 bridgehead atoms. The molecule has 0 spiro atoms. The summed E-state index contributed by atoms with van der Waals surface area (Å²) in [4.78, 5) is 202. The van der Waals surface area contributed by atoms with E-state index in [1.807, 2.05) is 48.5 Å². The highest BCUT2D eigenvalue weighted by atomic mass is 16.5. The van der Waals surface area contributed by atoms with E-state index in [1.165, 1.54) is 13.0 Å². The smallest absolute Gasteiger partial charge is 0.407 e. The molecule has 11 atom stereocenters. The van der Waals surface area contributed by atoms with Crippen LogP contribution in [0.4, 0.5) is 4.79 Å². The molecule has 4 aromatic rings. The van der Waals surface area contributed by atoms with Crippen molar-refractivity contribution in [3.05, 3.63) is 120 Å². The molecule has 24 N–H and O–H groups in total. The number of fused-ring (bicyclic) bond motifs is 5. The van der Waals surface area contributed by atoms with Crippen LogP contribution in [0.5, 0.6) is 0 Å². The number of allylic oxidation sites excluding steroid dienone is 2. The summed E-state index contributed by atoms with van der Waals surface area (Å²) in [5.74, 6) is -14.8. The van der Waals surface area contributed by atoms with Gasteiger partial charge in [0.1, 0.15) is 79.6 Å². The number of primary amides is 1. The molecular weight excluding hydrogens is 1450 g/mol. The largest absolute Gasteiger partial charge is 0.481 e. The summed E-state index contributed by atoms with van der Waals surface area (Å²) in [6.07, 6.45) is 2.70. The number of amides is 13. The van der Waals surface area contributed by atoms with Gasteiger partial charge in [-0.1, -0.05) is 104 Å². The molecule has 3 aromatic carbocycles. The Bertz CT molecular complexity index is 4070. The number of para-hydroxylation sites is 1. The van der Waals surface area contributed by atoms with E-state index < -0.39 is 181 Å². The van der Waals surface area contributed by atoms with E-state index >= 15 is 0 Å². The summed E-state index contributed by atoms with van der Waals surface area (Å²) < 4.78 is 5.59. The molecule has 37 nitrogen and oxygen atoms in total. The molecule has 37 heteroatoms. The van der Waals surface area contributed by atoms with Crippen LogP contribution in [0, 0.1) is 10.8 Å². The molecule has 3 aliphatic rings. The first-order valence-electron chi connectivity index (χ1n) is 37.1. The number of aromatic nitrogens is 1. The number of ether oxygens (including phenoxy) is 1. The Morgan fingerprint density at radius 2 is 1.18 bits per heavy atom. The Morgan fingerprint density at radius 1 is 0.625 bits per heavy atom. The zero-order chi connectivity index (χ0) is 81.6. The van der Waals surface area contributed by atoms with Gasteiger partial charge >= 0.3 is 12.1 Å². The number of hydrogen-bond donors (Lipinski definition) is 21. The van der Waals surface area contributed by atoms with Crippen LogP contribution < -0.4 is 86.3 Å². The van der Waals surface area contributed by atoms with E-state index in [0.29, 0.717) is 11.2 Å². The molecule has 112 heavy (non-hydrogen) atoms. The van der Waals surface area contributed by atoms with Gasteiger partial charge in [-0.25, -0.2) is 4.79 Å². The number of aliphatic hydroxyl groups is 1. The number of nitrogens with two attached hydrogens (primary N) is 3. The maximum atomic E-state index is 14.8. The Labute approximate surface area is 645 Å². The van der Waals surface area contributed by atoms with Crippen LogP contribution in [-0.2, 0) is 73.5 Å². The highest BCUT2D eigenvalue weighted by Crippen LogP contribution is 2.44. The number of rotatable bonds is 25. The third kappa shape index (κ3) is 25.9. The molecule has 604 valence electrons. The molecule has 1 aromatic heterocycles. The number of carboxylic acid groups (broad SMARTS) is 1. The van der Waals surface area contributed by atoms with Gasteiger partial charge in [0.15, 0.2) is 11.9 Å². The van der Waals surface area contributed by atoms with Crippen molar-refractivity contribution in [2.75, 3.05) is 39.4 Å². The van der Waals surface area contributed by atoms with Crippen LogP contribution in [0.25, 0.3) is 22.0 Å². The van der Waals surface area contributed by atoms with Gasteiger partial charge in [0.05, 0.1) is 13.0 Å². The lowest BCUT2D eigenvalue weighted by molar-refractivity contribution is -0.146. The third-order valence-electron chi connectivity index (χ3n) is 19.0. The zero-order valence-electron chi connectivity index (χ0n) is 62.6. The Hall–Kier alpha value is -12.4. The number of aliphatic hydroxyl groups excluding tert-OH is 1. The number of carbonyl (C=O) groups is 14. The number of H-pyrrole nitrogens is 1. The fourth-order valence-corrected chi connectivity index (χ4v) is 13.2. The number of carboxylic acids is 1. The van der Waals surface area contributed by atoms with Crippen LogP contribution in [0.15, 0.2) is 103 Å². The van der Waals surface area contributed by atoms with Gasteiger partial charge < -0.3 is 111 Å². The monoisotopic (exact) mass is 1550 g/mol. The molecule has 3 heterocycles. The highest BCUT2D eigenvalue weighted by molar-refractivity contribution is 6.01. The summed E-state index contributed by atoms with van der Waals surface area (Å²) in [5, 5.41) is 70.1. The fraction of sp³-hybridized carbons (Fsp3) is 0.467. The van der Waals surface area contributed by atoms with E-state index in [-0.39, 0.29) is 116 Å². The first-order chi connectivity index (χ1) is 53.6. The molecule has 7 rings (SSSR count). The van der Waals surface area contributed by atoms with Gasteiger partial charge in [-0.05, 0) is 125 Å².